The molecule has 0 radical (unpaired) electrons. The van der Waals surface area contributed by atoms with Gasteiger partial charge in [-0.25, -0.2) is 0 Å². The molecule has 1 heterocycles. The van der Waals surface area contributed by atoms with E-state index in [0.717, 1.165) is 6.21 Å². The Morgan fingerprint density at radius 1 is 1.00 bits per heavy atom. The van der Waals surface area contributed by atoms with Gasteiger partial charge in [-0.3, -0.25) is 19.7 Å². The van der Waals surface area contributed by atoms with Gasteiger partial charge in [-0.15, -0.1) is 0 Å². The van der Waals surface area contributed by atoms with Crippen molar-refractivity contribution in [2.45, 2.75) is 6.61 Å². The summed E-state index contributed by atoms with van der Waals surface area (Å²) in [6.45, 7) is -3.06. The molecular weight excluding hydrogens is 400 g/mol. The van der Waals surface area contributed by atoms with E-state index in [9.17, 15) is 28.5 Å². The molecule has 3 aromatic carbocycles. The fourth-order valence-electron chi connectivity index (χ4n) is 3.24. The third-order valence-corrected chi connectivity index (χ3v) is 4.51. The molecule has 0 bridgehead atoms. The minimum Gasteiger partial charge on any atom is -0.434 e. The largest absolute Gasteiger partial charge is 0.434 e. The molecule has 2 amide bonds. The number of carbonyl (C=O) groups is 2. The van der Waals surface area contributed by atoms with Crippen molar-refractivity contribution in [2.75, 3.05) is 0 Å². The summed E-state index contributed by atoms with van der Waals surface area (Å²) >= 11 is 0. The Morgan fingerprint density at radius 3 is 2.40 bits per heavy atom. The zero-order valence-electron chi connectivity index (χ0n) is 15.0. The highest BCUT2D eigenvalue weighted by Crippen LogP contribution is 2.35. The second kappa shape index (κ2) is 7.32. The van der Waals surface area contributed by atoms with Gasteiger partial charge in [0.05, 0.1) is 27.7 Å². The zero-order chi connectivity index (χ0) is 21.4. The molecule has 0 N–H and O–H groups in total. The number of carbonyl (C=O) groups excluding carboxylic acids is 2. The molecule has 0 unspecified atom stereocenters. The summed E-state index contributed by atoms with van der Waals surface area (Å²) in [6.07, 6.45) is 1.06. The third-order valence-electron chi connectivity index (χ3n) is 4.51. The van der Waals surface area contributed by atoms with Crippen molar-refractivity contribution in [1.29, 1.82) is 0 Å². The van der Waals surface area contributed by atoms with Crippen LogP contribution in [-0.2, 0) is 0 Å². The van der Waals surface area contributed by atoms with Crippen molar-refractivity contribution >= 4 is 34.5 Å². The maximum atomic E-state index is 12.8. The highest BCUT2D eigenvalue weighted by atomic mass is 19.3. The summed E-state index contributed by atoms with van der Waals surface area (Å²) in [5.74, 6) is -1.75. The quantitative estimate of drug-likeness (QED) is 0.274. The second-order valence-corrected chi connectivity index (χ2v) is 6.20. The van der Waals surface area contributed by atoms with Crippen LogP contribution in [0, 0.1) is 10.1 Å². The molecule has 0 spiro atoms. The van der Waals surface area contributed by atoms with E-state index in [1.165, 1.54) is 48.5 Å². The number of ether oxygens (including phenoxy) is 1. The lowest BCUT2D eigenvalue weighted by Crippen LogP contribution is -2.36. The van der Waals surface area contributed by atoms with Gasteiger partial charge in [-0.1, -0.05) is 18.2 Å². The zero-order valence-corrected chi connectivity index (χ0v) is 15.0. The first-order valence-electron chi connectivity index (χ1n) is 8.55. The van der Waals surface area contributed by atoms with Crippen molar-refractivity contribution in [3.8, 4) is 5.75 Å². The number of benzene rings is 3. The van der Waals surface area contributed by atoms with Gasteiger partial charge in [0.1, 0.15) is 5.75 Å². The van der Waals surface area contributed by atoms with E-state index in [0.29, 0.717) is 5.01 Å². The topological polar surface area (TPSA) is 102 Å². The Bertz CT molecular complexity index is 1220. The van der Waals surface area contributed by atoms with Gasteiger partial charge in [-0.05, 0) is 30.3 Å². The molecule has 30 heavy (non-hydrogen) atoms. The van der Waals surface area contributed by atoms with Gasteiger partial charge in [0.2, 0.25) is 0 Å². The number of hydrazone groups is 1. The molecule has 0 saturated carbocycles. The Kier molecular flexibility index (Phi) is 4.66. The van der Waals surface area contributed by atoms with Crippen molar-refractivity contribution in [3.63, 3.8) is 0 Å². The number of hydrogen-bond donors (Lipinski definition) is 0. The standard InChI is InChI=1S/C20H11F2N3O5/c21-20(22)30-16-7-2-1-4-11(16)10-23-24-18(26)13-6-3-5-12-15(25(28)29)9-8-14(17(12)13)19(24)27/h1-10,20H. The number of hydrogen-bond acceptors (Lipinski definition) is 6. The van der Waals surface area contributed by atoms with E-state index in [1.54, 1.807) is 6.07 Å². The number of non-ortho nitro benzene ring substituents is 1. The van der Waals surface area contributed by atoms with Crippen molar-refractivity contribution < 1.29 is 28.0 Å². The predicted octanol–water partition coefficient (Wildman–Crippen LogP) is 3.98. The Labute approximate surface area is 167 Å². The molecule has 0 aromatic heterocycles. The number of halogens is 2. The number of nitro groups is 1. The summed E-state index contributed by atoms with van der Waals surface area (Å²) < 4.78 is 29.5. The van der Waals surface area contributed by atoms with E-state index in [-0.39, 0.29) is 38.9 Å². The highest BCUT2D eigenvalue weighted by Gasteiger charge is 2.34. The number of alkyl halides is 2. The number of rotatable bonds is 5. The van der Waals surface area contributed by atoms with E-state index >= 15 is 0 Å². The lowest BCUT2D eigenvalue weighted by Gasteiger charge is -2.23. The summed E-state index contributed by atoms with van der Waals surface area (Å²) in [5.41, 5.74) is 0.0393. The first-order valence-corrected chi connectivity index (χ1v) is 8.55. The summed E-state index contributed by atoms with van der Waals surface area (Å²) in [4.78, 5) is 36.4. The molecule has 0 fully saturated rings. The van der Waals surface area contributed by atoms with Gasteiger partial charge in [0.25, 0.3) is 17.5 Å². The molecule has 3 aromatic rings. The average molecular weight is 411 g/mol. The van der Waals surface area contributed by atoms with Gasteiger partial charge < -0.3 is 4.74 Å². The normalized spacial score (nSPS) is 13.5. The van der Waals surface area contributed by atoms with E-state index < -0.39 is 23.3 Å². The fourth-order valence-corrected chi connectivity index (χ4v) is 3.24. The highest BCUT2D eigenvalue weighted by molar-refractivity contribution is 6.26. The summed E-state index contributed by atoms with van der Waals surface area (Å²) in [7, 11) is 0. The van der Waals surface area contributed by atoms with E-state index in [4.69, 9.17) is 0 Å². The SMILES string of the molecule is O=C1c2cccc3c([N+](=O)[O-])ccc(c23)C(=O)N1N=Cc1ccccc1OC(F)F. The van der Waals surface area contributed by atoms with Crippen LogP contribution in [0.2, 0.25) is 0 Å². The Hall–Kier alpha value is -4.21. The van der Waals surface area contributed by atoms with Crippen LogP contribution in [-0.4, -0.2) is 34.6 Å². The first-order chi connectivity index (χ1) is 14.4. The maximum absolute atomic E-state index is 12.8. The number of nitro benzene ring substituents is 1. The van der Waals surface area contributed by atoms with Crippen LogP contribution in [0.4, 0.5) is 14.5 Å². The number of nitrogens with zero attached hydrogens (tertiary/aromatic N) is 3. The van der Waals surface area contributed by atoms with Gasteiger partial charge in [0.15, 0.2) is 0 Å². The van der Waals surface area contributed by atoms with Crippen molar-refractivity contribution in [1.82, 2.24) is 5.01 Å². The third kappa shape index (κ3) is 3.13. The summed E-state index contributed by atoms with van der Waals surface area (Å²) in [6, 6.07) is 12.6. The van der Waals surface area contributed by atoms with Crippen molar-refractivity contribution in [3.05, 3.63) is 81.4 Å². The Balaban J connectivity index is 1.77. The van der Waals surface area contributed by atoms with Crippen LogP contribution >= 0.6 is 0 Å². The molecule has 10 heteroatoms. The minimum absolute atomic E-state index is 0.0695. The van der Waals surface area contributed by atoms with Gasteiger partial charge in [-0.2, -0.15) is 18.9 Å². The van der Waals surface area contributed by atoms with Gasteiger partial charge in [0, 0.05) is 17.0 Å². The molecule has 150 valence electrons. The van der Waals surface area contributed by atoms with Crippen LogP contribution in [0.15, 0.2) is 59.7 Å². The van der Waals surface area contributed by atoms with E-state index in [2.05, 4.69) is 9.84 Å². The van der Waals surface area contributed by atoms with E-state index in [1.807, 2.05) is 0 Å². The maximum Gasteiger partial charge on any atom is 0.387 e. The smallest absolute Gasteiger partial charge is 0.387 e. The Morgan fingerprint density at radius 2 is 1.70 bits per heavy atom. The number of imide groups is 1. The van der Waals surface area contributed by atoms with Crippen LogP contribution in [0.5, 0.6) is 5.75 Å². The van der Waals surface area contributed by atoms with Crippen molar-refractivity contribution in [2.24, 2.45) is 5.10 Å². The fraction of sp³-hybridized carbons (Fsp3) is 0.0500. The first kappa shape index (κ1) is 19.1. The number of amides is 2. The molecule has 1 aliphatic rings. The molecular formula is C20H11F2N3O5. The lowest BCUT2D eigenvalue weighted by molar-refractivity contribution is -0.383. The number of para-hydroxylation sites is 1. The molecule has 4 rings (SSSR count). The molecule has 1 aliphatic heterocycles. The van der Waals surface area contributed by atoms with Crippen LogP contribution in [0.25, 0.3) is 10.8 Å². The molecule has 8 nitrogen and oxygen atoms in total. The second-order valence-electron chi connectivity index (χ2n) is 6.20. The molecule has 0 saturated heterocycles. The minimum atomic E-state index is -3.06. The van der Waals surface area contributed by atoms with Crippen LogP contribution < -0.4 is 4.74 Å². The average Bonchev–Trinajstić information content (AvgIpc) is 2.72. The molecule has 0 aliphatic carbocycles. The van der Waals surface area contributed by atoms with Crippen LogP contribution in [0.1, 0.15) is 26.3 Å². The lowest BCUT2D eigenvalue weighted by atomic mass is 9.94. The molecule has 0 atom stereocenters. The predicted molar refractivity (Wildman–Crippen MR) is 102 cm³/mol. The van der Waals surface area contributed by atoms with Crippen LogP contribution in [0.3, 0.4) is 0 Å². The summed E-state index contributed by atoms with van der Waals surface area (Å²) in [5, 5.41) is 16.1. The monoisotopic (exact) mass is 411 g/mol. The van der Waals surface area contributed by atoms with Gasteiger partial charge >= 0.3 is 6.61 Å².